The Labute approximate surface area is 157 Å². The molecule has 0 saturated carbocycles. The van der Waals surface area contributed by atoms with Gasteiger partial charge in [-0.2, -0.15) is 5.10 Å². The Balaban J connectivity index is 1.66. The van der Waals surface area contributed by atoms with E-state index in [-0.39, 0.29) is 5.91 Å². The summed E-state index contributed by atoms with van der Waals surface area (Å²) in [7, 11) is 1.56. The molecule has 1 amide bonds. The van der Waals surface area contributed by atoms with Crippen LogP contribution in [0.25, 0.3) is 5.52 Å². The number of carbonyl (C=O) groups is 1. The Kier molecular flexibility index (Phi) is 4.13. The minimum atomic E-state index is -0.118. The monoisotopic (exact) mass is 420 g/mol. The second kappa shape index (κ2) is 6.31. The van der Waals surface area contributed by atoms with Gasteiger partial charge in [0, 0.05) is 54.2 Å². The van der Waals surface area contributed by atoms with Crippen molar-refractivity contribution in [2.75, 3.05) is 13.7 Å². The van der Waals surface area contributed by atoms with Crippen LogP contribution in [0.4, 0.5) is 0 Å². The molecule has 0 saturated heterocycles. The molecular weight excluding hydrogens is 408 g/mol. The number of nitrogens with zero attached hydrogens (tertiary/aromatic N) is 4. The van der Waals surface area contributed by atoms with E-state index in [4.69, 9.17) is 16.3 Å². The SMILES string of the molecule is COc1cc(Cl)cn2nc(C(=O)N3CCc4ncc(Br)cc4C3)cc12. The van der Waals surface area contributed by atoms with E-state index in [9.17, 15) is 4.79 Å². The summed E-state index contributed by atoms with van der Waals surface area (Å²) in [5, 5.41) is 4.86. The molecule has 0 fully saturated rings. The number of pyridine rings is 2. The van der Waals surface area contributed by atoms with Gasteiger partial charge in [0.2, 0.25) is 0 Å². The third-order valence-corrected chi connectivity index (χ3v) is 4.88. The Morgan fingerprint density at radius 3 is 3.00 bits per heavy atom. The van der Waals surface area contributed by atoms with Crippen LogP contribution < -0.4 is 4.74 Å². The van der Waals surface area contributed by atoms with Gasteiger partial charge in [0.15, 0.2) is 5.69 Å². The van der Waals surface area contributed by atoms with Gasteiger partial charge in [-0.05, 0) is 27.6 Å². The Morgan fingerprint density at radius 2 is 2.20 bits per heavy atom. The summed E-state index contributed by atoms with van der Waals surface area (Å²) in [5.74, 6) is 0.462. The van der Waals surface area contributed by atoms with Crippen molar-refractivity contribution in [1.29, 1.82) is 0 Å². The van der Waals surface area contributed by atoms with Crippen molar-refractivity contribution < 1.29 is 9.53 Å². The minimum absolute atomic E-state index is 0.118. The smallest absolute Gasteiger partial charge is 0.274 e. The molecule has 3 aromatic rings. The first-order valence-electron chi connectivity index (χ1n) is 7.70. The van der Waals surface area contributed by atoms with Crippen molar-refractivity contribution >= 4 is 39.0 Å². The molecule has 1 aliphatic rings. The molecule has 25 heavy (non-hydrogen) atoms. The zero-order chi connectivity index (χ0) is 17.6. The van der Waals surface area contributed by atoms with Crippen LogP contribution in [0.2, 0.25) is 5.02 Å². The first-order valence-corrected chi connectivity index (χ1v) is 8.88. The highest BCUT2D eigenvalue weighted by Crippen LogP contribution is 2.26. The zero-order valence-electron chi connectivity index (χ0n) is 13.4. The van der Waals surface area contributed by atoms with Crippen LogP contribution in [0, 0.1) is 0 Å². The number of carbonyl (C=O) groups excluding carboxylic acids is 1. The molecule has 0 N–H and O–H groups in total. The largest absolute Gasteiger partial charge is 0.494 e. The molecule has 0 atom stereocenters. The number of halogens is 2. The second-order valence-electron chi connectivity index (χ2n) is 5.82. The van der Waals surface area contributed by atoms with Gasteiger partial charge in [-0.3, -0.25) is 9.78 Å². The van der Waals surface area contributed by atoms with Crippen LogP contribution in [-0.4, -0.2) is 39.1 Å². The van der Waals surface area contributed by atoms with Crippen LogP contribution in [-0.2, 0) is 13.0 Å². The number of hydrogen-bond acceptors (Lipinski definition) is 4. The number of amides is 1. The lowest BCUT2D eigenvalue weighted by Gasteiger charge is -2.27. The van der Waals surface area contributed by atoms with Gasteiger partial charge in [-0.15, -0.1) is 0 Å². The summed E-state index contributed by atoms with van der Waals surface area (Å²) in [4.78, 5) is 19.1. The lowest BCUT2D eigenvalue weighted by molar-refractivity contribution is 0.0727. The van der Waals surface area contributed by atoms with Gasteiger partial charge in [0.1, 0.15) is 11.3 Å². The molecular formula is C17H14BrClN4O2. The molecule has 0 aromatic carbocycles. The van der Waals surface area contributed by atoms with E-state index in [1.54, 1.807) is 41.1 Å². The molecule has 0 spiro atoms. The predicted molar refractivity (Wildman–Crippen MR) is 97.1 cm³/mol. The fraction of sp³-hybridized carbons (Fsp3) is 0.235. The average Bonchev–Trinajstić information content (AvgIpc) is 3.03. The lowest BCUT2D eigenvalue weighted by atomic mass is 10.1. The summed E-state index contributed by atoms with van der Waals surface area (Å²) in [6, 6.07) is 5.44. The maximum atomic E-state index is 12.9. The number of ether oxygens (including phenoxy) is 1. The average molecular weight is 422 g/mol. The van der Waals surface area contributed by atoms with Gasteiger partial charge in [-0.1, -0.05) is 11.6 Å². The summed E-state index contributed by atoms with van der Waals surface area (Å²) in [5.41, 5.74) is 3.16. The highest BCUT2D eigenvalue weighted by Gasteiger charge is 2.25. The van der Waals surface area contributed by atoms with E-state index in [1.807, 2.05) is 6.07 Å². The van der Waals surface area contributed by atoms with Gasteiger partial charge >= 0.3 is 0 Å². The molecule has 0 unspecified atom stereocenters. The predicted octanol–water partition coefficient (Wildman–Crippen LogP) is 3.35. The van der Waals surface area contributed by atoms with Crippen molar-refractivity contribution in [1.82, 2.24) is 19.5 Å². The fourth-order valence-electron chi connectivity index (χ4n) is 3.03. The molecule has 1 aliphatic heterocycles. The van der Waals surface area contributed by atoms with E-state index < -0.39 is 0 Å². The van der Waals surface area contributed by atoms with Gasteiger partial charge in [0.05, 0.1) is 12.1 Å². The third kappa shape index (κ3) is 2.98. The summed E-state index contributed by atoms with van der Waals surface area (Å²) < 4.78 is 7.81. The molecule has 0 bridgehead atoms. The maximum absolute atomic E-state index is 12.9. The molecule has 4 heterocycles. The number of hydrogen-bond donors (Lipinski definition) is 0. The van der Waals surface area contributed by atoms with Crippen LogP contribution in [0.5, 0.6) is 5.75 Å². The van der Waals surface area contributed by atoms with Crippen molar-refractivity contribution in [3.63, 3.8) is 0 Å². The molecule has 8 heteroatoms. The van der Waals surface area contributed by atoms with E-state index in [0.717, 1.165) is 22.2 Å². The molecule has 128 valence electrons. The molecule has 0 aliphatic carbocycles. The quantitative estimate of drug-likeness (QED) is 0.637. The van der Waals surface area contributed by atoms with Crippen LogP contribution in [0.15, 0.2) is 35.1 Å². The summed E-state index contributed by atoms with van der Waals surface area (Å²) in [6.07, 6.45) is 4.17. The summed E-state index contributed by atoms with van der Waals surface area (Å²) in [6.45, 7) is 1.14. The van der Waals surface area contributed by atoms with E-state index in [0.29, 0.717) is 35.1 Å². The molecule has 4 rings (SSSR count). The number of fused-ring (bicyclic) bond motifs is 2. The number of aromatic nitrogens is 3. The number of rotatable bonds is 2. The van der Waals surface area contributed by atoms with E-state index >= 15 is 0 Å². The first-order chi connectivity index (χ1) is 12.0. The lowest BCUT2D eigenvalue weighted by Crippen LogP contribution is -2.36. The second-order valence-corrected chi connectivity index (χ2v) is 7.17. The topological polar surface area (TPSA) is 59.7 Å². The Hall–Kier alpha value is -2.12. The van der Waals surface area contributed by atoms with Crippen molar-refractivity contribution in [3.8, 4) is 5.75 Å². The standard InChI is InChI=1S/C17H14BrClN4O2/c1-25-16-5-12(19)9-23-15(16)6-14(21-23)17(24)22-3-2-13-10(8-22)4-11(18)7-20-13/h4-7,9H,2-3,8H2,1H3. The first kappa shape index (κ1) is 16.4. The minimum Gasteiger partial charge on any atom is -0.494 e. The zero-order valence-corrected chi connectivity index (χ0v) is 15.7. The fourth-order valence-corrected chi connectivity index (χ4v) is 3.60. The third-order valence-electron chi connectivity index (χ3n) is 4.24. The van der Waals surface area contributed by atoms with Gasteiger partial charge < -0.3 is 9.64 Å². The van der Waals surface area contributed by atoms with E-state index in [2.05, 4.69) is 26.0 Å². The molecule has 0 radical (unpaired) electrons. The summed E-state index contributed by atoms with van der Waals surface area (Å²) >= 11 is 9.49. The van der Waals surface area contributed by atoms with Crippen molar-refractivity contribution in [2.45, 2.75) is 13.0 Å². The van der Waals surface area contributed by atoms with Crippen molar-refractivity contribution in [2.24, 2.45) is 0 Å². The normalized spacial score (nSPS) is 13.8. The van der Waals surface area contributed by atoms with Crippen LogP contribution in [0.3, 0.4) is 0 Å². The van der Waals surface area contributed by atoms with Crippen LogP contribution in [0.1, 0.15) is 21.7 Å². The Morgan fingerprint density at radius 1 is 1.36 bits per heavy atom. The highest BCUT2D eigenvalue weighted by atomic mass is 79.9. The van der Waals surface area contributed by atoms with Gasteiger partial charge in [0.25, 0.3) is 5.91 Å². The van der Waals surface area contributed by atoms with Crippen LogP contribution >= 0.6 is 27.5 Å². The molecule has 6 nitrogen and oxygen atoms in total. The van der Waals surface area contributed by atoms with E-state index in [1.165, 1.54) is 0 Å². The number of methoxy groups -OCH3 is 1. The Bertz CT molecular complexity index is 988. The van der Waals surface area contributed by atoms with Crippen molar-refractivity contribution in [3.05, 3.63) is 57.0 Å². The van der Waals surface area contributed by atoms with Gasteiger partial charge in [-0.25, -0.2) is 4.52 Å². The highest BCUT2D eigenvalue weighted by molar-refractivity contribution is 9.10. The maximum Gasteiger partial charge on any atom is 0.274 e. The molecule has 3 aromatic heterocycles.